The second-order valence-corrected chi connectivity index (χ2v) is 2.51. The van der Waals surface area contributed by atoms with Gasteiger partial charge in [-0.2, -0.15) is 0 Å². The summed E-state index contributed by atoms with van der Waals surface area (Å²) in [5.74, 6) is 0.157. The van der Waals surface area contributed by atoms with Gasteiger partial charge in [0.25, 0.3) is 0 Å². The molecule has 0 fully saturated rings. The highest BCUT2D eigenvalue weighted by molar-refractivity contribution is 5.52. The lowest BCUT2D eigenvalue weighted by atomic mass is 10.1. The smallest absolute Gasteiger partial charge is 0.122 e. The molecule has 2 nitrogen and oxygen atoms in total. The average molecular weight is 141 g/mol. The third-order valence-electron chi connectivity index (χ3n) is 1.49. The van der Waals surface area contributed by atoms with Crippen molar-refractivity contribution < 1.29 is 4.79 Å². The molecule has 0 aromatic heterocycles. The normalized spacial score (nSPS) is 12.2. The quantitative estimate of drug-likeness (QED) is 0.585. The molecule has 0 rings (SSSR count). The second kappa shape index (κ2) is 5.03. The molecule has 0 aliphatic carbocycles. The Balaban J connectivity index is 3.34. The van der Waals surface area contributed by atoms with Gasteiger partial charge in [0, 0.05) is 18.7 Å². The summed E-state index contributed by atoms with van der Waals surface area (Å²) in [7, 11) is 1.84. The van der Waals surface area contributed by atoms with Crippen molar-refractivity contribution in [3.8, 4) is 0 Å². The second-order valence-electron chi connectivity index (χ2n) is 2.51. The van der Waals surface area contributed by atoms with Gasteiger partial charge in [-0.1, -0.05) is 13.5 Å². The van der Waals surface area contributed by atoms with Gasteiger partial charge in [-0.15, -0.1) is 0 Å². The fourth-order valence-corrected chi connectivity index (χ4v) is 0.595. The number of carbonyl (C=O) groups excluding carboxylic acids is 1. The Hall–Kier alpha value is -0.790. The standard InChI is InChI=1S/C8H15NO/c1-7(6-10)4-5-8(2)9-3/h6-7,9H,2,4-5H2,1,3H3. The van der Waals surface area contributed by atoms with E-state index >= 15 is 0 Å². The zero-order chi connectivity index (χ0) is 7.98. The Morgan fingerprint density at radius 3 is 2.80 bits per heavy atom. The van der Waals surface area contributed by atoms with E-state index in [0.29, 0.717) is 0 Å². The SMILES string of the molecule is C=C(CCC(C)C=O)NC. The number of rotatable bonds is 5. The molecule has 58 valence electrons. The third-order valence-corrected chi connectivity index (χ3v) is 1.49. The van der Waals surface area contributed by atoms with E-state index in [0.717, 1.165) is 24.8 Å². The molecule has 0 saturated carbocycles. The molecule has 1 atom stereocenters. The Morgan fingerprint density at radius 1 is 1.80 bits per heavy atom. The topological polar surface area (TPSA) is 29.1 Å². The summed E-state index contributed by atoms with van der Waals surface area (Å²) in [4.78, 5) is 10.2. The van der Waals surface area contributed by atoms with Gasteiger partial charge in [0.05, 0.1) is 0 Å². The van der Waals surface area contributed by atoms with Crippen LogP contribution in [0.15, 0.2) is 12.3 Å². The molecular weight excluding hydrogens is 126 g/mol. The molecule has 0 aromatic rings. The molecular formula is C8H15NO. The van der Waals surface area contributed by atoms with Gasteiger partial charge in [0.1, 0.15) is 6.29 Å². The van der Waals surface area contributed by atoms with Crippen molar-refractivity contribution in [3.05, 3.63) is 12.3 Å². The monoisotopic (exact) mass is 141 g/mol. The van der Waals surface area contributed by atoms with E-state index in [1.807, 2.05) is 14.0 Å². The van der Waals surface area contributed by atoms with Crippen molar-refractivity contribution in [1.29, 1.82) is 0 Å². The van der Waals surface area contributed by atoms with Crippen LogP contribution in [-0.2, 0) is 4.79 Å². The molecule has 0 aliphatic heterocycles. The van der Waals surface area contributed by atoms with Gasteiger partial charge in [-0.05, 0) is 12.8 Å². The fraction of sp³-hybridized carbons (Fsp3) is 0.625. The molecule has 0 aliphatic rings. The molecule has 0 heterocycles. The van der Waals surface area contributed by atoms with E-state index in [1.165, 1.54) is 0 Å². The summed E-state index contributed by atoms with van der Waals surface area (Å²) >= 11 is 0. The molecule has 0 radical (unpaired) electrons. The molecule has 0 amide bonds. The molecule has 1 N–H and O–H groups in total. The Bertz CT molecular complexity index is 120. The Labute approximate surface area is 62.3 Å². The molecule has 2 heteroatoms. The number of carbonyl (C=O) groups is 1. The van der Waals surface area contributed by atoms with Crippen LogP contribution in [-0.4, -0.2) is 13.3 Å². The summed E-state index contributed by atoms with van der Waals surface area (Å²) in [5.41, 5.74) is 0.994. The maximum absolute atomic E-state index is 10.2. The van der Waals surface area contributed by atoms with E-state index in [9.17, 15) is 4.79 Å². The van der Waals surface area contributed by atoms with Crippen LogP contribution in [0.25, 0.3) is 0 Å². The largest absolute Gasteiger partial charge is 0.392 e. The van der Waals surface area contributed by atoms with Crippen molar-refractivity contribution >= 4 is 6.29 Å². The molecule has 0 spiro atoms. The van der Waals surface area contributed by atoms with Gasteiger partial charge < -0.3 is 10.1 Å². The Kier molecular flexibility index (Phi) is 4.63. The first kappa shape index (κ1) is 9.21. The van der Waals surface area contributed by atoms with E-state index < -0.39 is 0 Å². The number of nitrogens with one attached hydrogen (secondary N) is 1. The highest BCUT2D eigenvalue weighted by Crippen LogP contribution is 2.05. The van der Waals surface area contributed by atoms with Crippen LogP contribution < -0.4 is 5.32 Å². The van der Waals surface area contributed by atoms with Crippen molar-refractivity contribution in [2.45, 2.75) is 19.8 Å². The average Bonchev–Trinajstić information content (AvgIpc) is 1.99. The number of allylic oxidation sites excluding steroid dienone is 1. The highest BCUT2D eigenvalue weighted by atomic mass is 16.1. The zero-order valence-electron chi connectivity index (χ0n) is 6.68. The summed E-state index contributed by atoms with van der Waals surface area (Å²) < 4.78 is 0. The fourth-order valence-electron chi connectivity index (χ4n) is 0.595. The maximum atomic E-state index is 10.2. The number of hydrogen-bond acceptors (Lipinski definition) is 2. The van der Waals surface area contributed by atoms with Crippen molar-refractivity contribution in [3.63, 3.8) is 0 Å². The van der Waals surface area contributed by atoms with Gasteiger partial charge >= 0.3 is 0 Å². The van der Waals surface area contributed by atoms with Gasteiger partial charge in [-0.25, -0.2) is 0 Å². The maximum Gasteiger partial charge on any atom is 0.122 e. The first-order chi connectivity index (χ1) is 4.70. The Morgan fingerprint density at radius 2 is 2.40 bits per heavy atom. The lowest BCUT2D eigenvalue weighted by Gasteiger charge is -2.05. The van der Waals surface area contributed by atoms with Crippen LogP contribution in [0.1, 0.15) is 19.8 Å². The predicted molar refractivity (Wildman–Crippen MR) is 42.7 cm³/mol. The van der Waals surface area contributed by atoms with E-state index in [-0.39, 0.29) is 5.92 Å². The van der Waals surface area contributed by atoms with Gasteiger partial charge in [-0.3, -0.25) is 0 Å². The summed E-state index contributed by atoms with van der Waals surface area (Å²) in [6.07, 6.45) is 2.75. The third kappa shape index (κ3) is 4.13. The number of aldehydes is 1. The van der Waals surface area contributed by atoms with Crippen LogP contribution in [0.2, 0.25) is 0 Å². The minimum absolute atomic E-state index is 0.157. The summed E-state index contributed by atoms with van der Waals surface area (Å²) in [6.45, 7) is 5.67. The molecule has 0 aromatic carbocycles. The highest BCUT2D eigenvalue weighted by Gasteiger charge is 1.98. The van der Waals surface area contributed by atoms with Crippen molar-refractivity contribution in [2.75, 3.05) is 7.05 Å². The van der Waals surface area contributed by atoms with Crippen molar-refractivity contribution in [2.24, 2.45) is 5.92 Å². The summed E-state index contributed by atoms with van der Waals surface area (Å²) in [6, 6.07) is 0. The van der Waals surface area contributed by atoms with E-state index in [2.05, 4.69) is 11.9 Å². The van der Waals surface area contributed by atoms with Crippen LogP contribution in [0.3, 0.4) is 0 Å². The van der Waals surface area contributed by atoms with Gasteiger partial charge in [0.2, 0.25) is 0 Å². The zero-order valence-corrected chi connectivity index (χ0v) is 6.68. The van der Waals surface area contributed by atoms with E-state index in [1.54, 1.807) is 0 Å². The first-order valence-corrected chi connectivity index (χ1v) is 3.51. The lowest BCUT2D eigenvalue weighted by Crippen LogP contribution is -2.06. The molecule has 0 saturated heterocycles. The minimum atomic E-state index is 0.157. The van der Waals surface area contributed by atoms with Crippen LogP contribution in [0, 0.1) is 5.92 Å². The minimum Gasteiger partial charge on any atom is -0.392 e. The van der Waals surface area contributed by atoms with Crippen LogP contribution in [0.5, 0.6) is 0 Å². The summed E-state index contributed by atoms with van der Waals surface area (Å²) in [5, 5.41) is 2.93. The molecule has 0 bridgehead atoms. The lowest BCUT2D eigenvalue weighted by molar-refractivity contribution is -0.110. The number of hydrogen-bond donors (Lipinski definition) is 1. The van der Waals surface area contributed by atoms with Crippen molar-refractivity contribution in [1.82, 2.24) is 5.32 Å². The first-order valence-electron chi connectivity index (χ1n) is 3.51. The molecule has 10 heavy (non-hydrogen) atoms. The van der Waals surface area contributed by atoms with E-state index in [4.69, 9.17) is 0 Å². The van der Waals surface area contributed by atoms with Gasteiger partial charge in [0.15, 0.2) is 0 Å². The molecule has 1 unspecified atom stereocenters. The van der Waals surface area contributed by atoms with Crippen LogP contribution >= 0.6 is 0 Å². The van der Waals surface area contributed by atoms with Crippen LogP contribution in [0.4, 0.5) is 0 Å². The predicted octanol–water partition coefficient (Wildman–Crippen LogP) is 1.33.